The Morgan fingerprint density at radius 2 is 2.00 bits per heavy atom. The largest absolute Gasteiger partial charge is 0.481 e. The van der Waals surface area contributed by atoms with Crippen molar-refractivity contribution in [3.63, 3.8) is 0 Å². The molecule has 3 aromatic rings. The highest BCUT2D eigenvalue weighted by molar-refractivity contribution is 5.85. The van der Waals surface area contributed by atoms with Crippen LogP contribution < -0.4 is 4.74 Å². The number of para-hydroxylation sites is 1. The minimum absolute atomic E-state index is 0.0635. The van der Waals surface area contributed by atoms with Gasteiger partial charge in [0.1, 0.15) is 5.52 Å². The second-order valence-corrected chi connectivity index (χ2v) is 4.64. The van der Waals surface area contributed by atoms with Crippen LogP contribution in [0, 0.1) is 0 Å². The van der Waals surface area contributed by atoms with Gasteiger partial charge in [0, 0.05) is 6.07 Å². The molecule has 0 aliphatic rings. The van der Waals surface area contributed by atoms with E-state index in [1.165, 1.54) is 6.92 Å². The number of benzene rings is 1. The summed E-state index contributed by atoms with van der Waals surface area (Å²) in [5, 5.41) is 8.21. The summed E-state index contributed by atoms with van der Waals surface area (Å²) >= 11 is 0. The summed E-state index contributed by atoms with van der Waals surface area (Å²) in [6.45, 7) is 1.52. The first-order chi connectivity index (χ1) is 10.2. The van der Waals surface area contributed by atoms with Crippen molar-refractivity contribution in [3.8, 4) is 5.88 Å². The predicted octanol–water partition coefficient (Wildman–Crippen LogP) is 2.01. The van der Waals surface area contributed by atoms with Crippen molar-refractivity contribution in [2.75, 3.05) is 7.11 Å². The van der Waals surface area contributed by atoms with Crippen LogP contribution in [-0.4, -0.2) is 32.9 Å². The second-order valence-electron chi connectivity index (χ2n) is 4.64. The molecule has 1 atom stereocenters. The highest BCUT2D eigenvalue weighted by Crippen LogP contribution is 2.23. The number of ketones is 1. The maximum atomic E-state index is 12.1. The predicted molar refractivity (Wildman–Crippen MR) is 77.1 cm³/mol. The van der Waals surface area contributed by atoms with Crippen LogP contribution in [0.4, 0.5) is 0 Å². The molecule has 0 aliphatic carbocycles. The Labute approximate surface area is 121 Å². The van der Waals surface area contributed by atoms with E-state index < -0.39 is 6.04 Å². The minimum atomic E-state index is -0.618. The lowest BCUT2D eigenvalue weighted by atomic mass is 10.1. The smallest absolute Gasteiger partial charge is 0.213 e. The fourth-order valence-electron chi connectivity index (χ4n) is 2.28. The van der Waals surface area contributed by atoms with Crippen LogP contribution in [0.1, 0.15) is 18.7 Å². The van der Waals surface area contributed by atoms with Crippen LogP contribution in [0.25, 0.3) is 11.0 Å². The van der Waals surface area contributed by atoms with E-state index in [9.17, 15) is 4.79 Å². The number of aromatic nitrogens is 4. The van der Waals surface area contributed by atoms with Crippen LogP contribution in [0.5, 0.6) is 5.88 Å². The molecule has 6 nitrogen and oxygen atoms in total. The number of hydrogen-bond donors (Lipinski definition) is 0. The maximum absolute atomic E-state index is 12.1. The second kappa shape index (κ2) is 5.32. The lowest BCUT2D eigenvalue weighted by Gasteiger charge is -2.14. The van der Waals surface area contributed by atoms with E-state index in [4.69, 9.17) is 4.74 Å². The third-order valence-electron chi connectivity index (χ3n) is 3.24. The lowest BCUT2D eigenvalue weighted by molar-refractivity contribution is -0.119. The first-order valence-corrected chi connectivity index (χ1v) is 6.52. The summed E-state index contributed by atoms with van der Waals surface area (Å²) in [4.78, 5) is 16.5. The molecule has 0 N–H and O–H groups in total. The molecule has 0 spiro atoms. The molecule has 2 aromatic heterocycles. The van der Waals surface area contributed by atoms with Crippen molar-refractivity contribution >= 4 is 16.8 Å². The third-order valence-corrected chi connectivity index (χ3v) is 3.24. The highest BCUT2D eigenvalue weighted by atomic mass is 16.5. The molecular formula is C15H14N4O2. The normalized spacial score (nSPS) is 12.3. The van der Waals surface area contributed by atoms with E-state index in [-0.39, 0.29) is 5.78 Å². The van der Waals surface area contributed by atoms with Crippen LogP contribution in [0.2, 0.25) is 0 Å². The average molecular weight is 282 g/mol. The van der Waals surface area contributed by atoms with E-state index in [2.05, 4.69) is 15.3 Å². The minimum Gasteiger partial charge on any atom is -0.481 e. The Morgan fingerprint density at radius 1 is 1.19 bits per heavy atom. The first kappa shape index (κ1) is 13.2. The van der Waals surface area contributed by atoms with E-state index in [1.807, 2.05) is 24.3 Å². The lowest BCUT2D eigenvalue weighted by Crippen LogP contribution is -2.21. The van der Waals surface area contributed by atoms with Gasteiger partial charge < -0.3 is 4.74 Å². The molecule has 21 heavy (non-hydrogen) atoms. The SMILES string of the molecule is COc1cccc(C(C(C)=O)n2nnc3ccccc32)n1. The third kappa shape index (κ3) is 2.35. The van der Waals surface area contributed by atoms with Gasteiger partial charge in [-0.25, -0.2) is 9.67 Å². The first-order valence-electron chi connectivity index (χ1n) is 6.52. The van der Waals surface area contributed by atoms with Crippen molar-refractivity contribution in [2.45, 2.75) is 13.0 Å². The van der Waals surface area contributed by atoms with Gasteiger partial charge in [0.25, 0.3) is 0 Å². The van der Waals surface area contributed by atoms with Crippen molar-refractivity contribution in [2.24, 2.45) is 0 Å². The molecule has 1 unspecified atom stereocenters. The molecule has 0 radical (unpaired) electrons. The molecule has 0 saturated carbocycles. The molecule has 0 fully saturated rings. The molecule has 106 valence electrons. The summed E-state index contributed by atoms with van der Waals surface area (Å²) in [7, 11) is 1.54. The van der Waals surface area contributed by atoms with Crippen molar-refractivity contribution < 1.29 is 9.53 Å². The van der Waals surface area contributed by atoms with Gasteiger partial charge >= 0.3 is 0 Å². The number of ether oxygens (including phenoxy) is 1. The Bertz CT molecular complexity index is 797. The van der Waals surface area contributed by atoms with E-state index in [0.717, 1.165) is 11.0 Å². The summed E-state index contributed by atoms with van der Waals surface area (Å²) < 4.78 is 6.72. The standard InChI is InChI=1S/C15H14N4O2/c1-10(20)15(12-7-5-9-14(16-12)21-2)19-13-8-4-3-6-11(13)17-18-19/h3-9,15H,1-2H3. The molecule has 2 heterocycles. The van der Waals surface area contributed by atoms with Gasteiger partial charge in [0.2, 0.25) is 5.88 Å². The Balaban J connectivity index is 2.16. The van der Waals surface area contributed by atoms with E-state index in [1.54, 1.807) is 30.0 Å². The zero-order chi connectivity index (χ0) is 14.8. The van der Waals surface area contributed by atoms with Gasteiger partial charge in [-0.05, 0) is 25.1 Å². The number of nitrogens with zero attached hydrogens (tertiary/aromatic N) is 4. The van der Waals surface area contributed by atoms with Crippen molar-refractivity contribution in [1.29, 1.82) is 0 Å². The number of pyridine rings is 1. The van der Waals surface area contributed by atoms with Crippen LogP contribution >= 0.6 is 0 Å². The Hall–Kier alpha value is -2.76. The van der Waals surface area contributed by atoms with Crippen LogP contribution in [0.15, 0.2) is 42.5 Å². The van der Waals surface area contributed by atoms with Gasteiger partial charge in [-0.1, -0.05) is 23.4 Å². The number of hydrogen-bond acceptors (Lipinski definition) is 5. The molecule has 0 saturated heterocycles. The Kier molecular flexibility index (Phi) is 3.35. The molecule has 0 aliphatic heterocycles. The molecule has 0 bridgehead atoms. The van der Waals surface area contributed by atoms with Crippen molar-refractivity contribution in [1.82, 2.24) is 20.0 Å². The fourth-order valence-corrected chi connectivity index (χ4v) is 2.28. The summed E-state index contributed by atoms with van der Waals surface area (Å²) in [6, 6.07) is 12.2. The zero-order valence-electron chi connectivity index (χ0n) is 11.7. The molecule has 3 rings (SSSR count). The van der Waals surface area contributed by atoms with Crippen LogP contribution in [-0.2, 0) is 4.79 Å². The number of carbonyl (C=O) groups excluding carboxylic acids is 1. The maximum Gasteiger partial charge on any atom is 0.213 e. The number of Topliss-reactive ketones (excluding diaryl/α,β-unsaturated/α-hetero) is 1. The average Bonchev–Trinajstić information content (AvgIpc) is 2.91. The van der Waals surface area contributed by atoms with E-state index in [0.29, 0.717) is 11.6 Å². The number of fused-ring (bicyclic) bond motifs is 1. The summed E-state index contributed by atoms with van der Waals surface area (Å²) in [5.41, 5.74) is 2.12. The molecule has 1 aromatic carbocycles. The van der Waals surface area contributed by atoms with Gasteiger partial charge in [0.15, 0.2) is 11.8 Å². The number of carbonyl (C=O) groups is 1. The van der Waals surface area contributed by atoms with Gasteiger partial charge in [-0.15, -0.1) is 5.10 Å². The van der Waals surface area contributed by atoms with Gasteiger partial charge in [0.05, 0.1) is 18.3 Å². The Morgan fingerprint density at radius 3 is 2.76 bits per heavy atom. The van der Waals surface area contributed by atoms with Gasteiger partial charge in [-0.3, -0.25) is 4.79 Å². The fraction of sp³-hybridized carbons (Fsp3) is 0.200. The van der Waals surface area contributed by atoms with E-state index >= 15 is 0 Å². The topological polar surface area (TPSA) is 69.9 Å². The summed E-state index contributed by atoms with van der Waals surface area (Å²) in [5.74, 6) is 0.398. The van der Waals surface area contributed by atoms with Crippen LogP contribution in [0.3, 0.4) is 0 Å². The molecule has 0 amide bonds. The highest BCUT2D eigenvalue weighted by Gasteiger charge is 2.24. The molecular weight excluding hydrogens is 268 g/mol. The summed E-state index contributed by atoms with van der Waals surface area (Å²) in [6.07, 6.45) is 0. The van der Waals surface area contributed by atoms with Gasteiger partial charge in [-0.2, -0.15) is 0 Å². The monoisotopic (exact) mass is 282 g/mol. The molecule has 6 heteroatoms. The quantitative estimate of drug-likeness (QED) is 0.732. The van der Waals surface area contributed by atoms with Crippen molar-refractivity contribution in [3.05, 3.63) is 48.2 Å². The number of methoxy groups -OCH3 is 1. The zero-order valence-corrected chi connectivity index (χ0v) is 11.7. The number of rotatable bonds is 4.